The molecule has 0 saturated carbocycles. The maximum absolute atomic E-state index is 5.33. The predicted molar refractivity (Wildman–Crippen MR) is 43.7 cm³/mol. The van der Waals surface area contributed by atoms with Gasteiger partial charge in [0, 0.05) is 26.8 Å². The van der Waals surface area contributed by atoms with Gasteiger partial charge in [0.25, 0.3) is 0 Å². The Bertz CT molecular complexity index is 129. The van der Waals surface area contributed by atoms with Crippen LogP contribution in [0.25, 0.3) is 0 Å². The molecule has 0 aromatic carbocycles. The SMILES string of the molecule is COC1CN(C)C(C)C1OC. The van der Waals surface area contributed by atoms with Crippen molar-refractivity contribution in [3.8, 4) is 0 Å². The Morgan fingerprint density at radius 3 is 2.27 bits per heavy atom. The molecule has 0 bridgehead atoms. The van der Waals surface area contributed by atoms with E-state index in [1.54, 1.807) is 14.2 Å². The summed E-state index contributed by atoms with van der Waals surface area (Å²) in [7, 11) is 5.57. The van der Waals surface area contributed by atoms with Crippen LogP contribution in [0.4, 0.5) is 0 Å². The molecule has 0 spiro atoms. The maximum Gasteiger partial charge on any atom is 0.0997 e. The van der Waals surface area contributed by atoms with E-state index in [1.165, 1.54) is 0 Å². The standard InChI is InChI=1S/C8H17NO2/c1-6-8(11-4)7(10-3)5-9(6)2/h6-8H,5H2,1-4H3. The van der Waals surface area contributed by atoms with Gasteiger partial charge < -0.3 is 9.47 Å². The van der Waals surface area contributed by atoms with Crippen LogP contribution in [0.1, 0.15) is 6.92 Å². The number of nitrogens with zero attached hydrogens (tertiary/aromatic N) is 1. The molecule has 66 valence electrons. The summed E-state index contributed by atoms with van der Waals surface area (Å²) in [5, 5.41) is 0. The Kier molecular flexibility index (Phi) is 2.87. The van der Waals surface area contributed by atoms with Crippen molar-refractivity contribution in [1.82, 2.24) is 4.90 Å². The quantitative estimate of drug-likeness (QED) is 0.580. The minimum Gasteiger partial charge on any atom is -0.377 e. The van der Waals surface area contributed by atoms with Gasteiger partial charge in [-0.3, -0.25) is 4.90 Å². The van der Waals surface area contributed by atoms with Gasteiger partial charge in [-0.2, -0.15) is 0 Å². The van der Waals surface area contributed by atoms with Gasteiger partial charge in [0.1, 0.15) is 0 Å². The monoisotopic (exact) mass is 159 g/mol. The zero-order chi connectivity index (χ0) is 8.43. The summed E-state index contributed by atoms with van der Waals surface area (Å²) in [6, 6.07) is 0.463. The second kappa shape index (κ2) is 3.52. The van der Waals surface area contributed by atoms with Crippen molar-refractivity contribution in [2.24, 2.45) is 0 Å². The van der Waals surface area contributed by atoms with Crippen LogP contribution in [0.2, 0.25) is 0 Å². The van der Waals surface area contributed by atoms with E-state index in [0.717, 1.165) is 6.54 Å². The lowest BCUT2D eigenvalue weighted by Crippen LogP contribution is -2.33. The third-order valence-corrected chi connectivity index (χ3v) is 2.58. The highest BCUT2D eigenvalue weighted by Gasteiger charge is 2.37. The first-order valence-corrected chi connectivity index (χ1v) is 3.96. The summed E-state index contributed by atoms with van der Waals surface area (Å²) in [5.74, 6) is 0. The molecule has 1 aliphatic heterocycles. The van der Waals surface area contributed by atoms with Crippen LogP contribution in [0, 0.1) is 0 Å². The van der Waals surface area contributed by atoms with Crippen LogP contribution < -0.4 is 0 Å². The van der Waals surface area contributed by atoms with Crippen LogP contribution in [-0.2, 0) is 9.47 Å². The molecule has 0 aliphatic carbocycles. The van der Waals surface area contributed by atoms with Crippen LogP contribution in [0.15, 0.2) is 0 Å². The molecule has 0 amide bonds. The molecule has 0 radical (unpaired) electrons. The van der Waals surface area contributed by atoms with Gasteiger partial charge in [0.2, 0.25) is 0 Å². The fourth-order valence-electron chi connectivity index (χ4n) is 1.67. The minimum absolute atomic E-state index is 0.227. The molecule has 0 N–H and O–H groups in total. The molecular formula is C8H17NO2. The molecule has 3 unspecified atom stereocenters. The fourth-order valence-corrected chi connectivity index (χ4v) is 1.67. The third kappa shape index (κ3) is 1.55. The van der Waals surface area contributed by atoms with Crippen molar-refractivity contribution in [2.75, 3.05) is 27.8 Å². The van der Waals surface area contributed by atoms with Crippen LogP contribution in [0.3, 0.4) is 0 Å². The summed E-state index contributed by atoms with van der Waals surface area (Å²) in [4.78, 5) is 2.25. The lowest BCUT2D eigenvalue weighted by molar-refractivity contribution is -0.0163. The first kappa shape index (κ1) is 8.97. The Morgan fingerprint density at radius 1 is 1.27 bits per heavy atom. The van der Waals surface area contributed by atoms with E-state index < -0.39 is 0 Å². The van der Waals surface area contributed by atoms with Crippen LogP contribution in [0.5, 0.6) is 0 Å². The molecule has 1 aliphatic rings. The molecule has 1 fully saturated rings. The third-order valence-electron chi connectivity index (χ3n) is 2.58. The zero-order valence-corrected chi connectivity index (χ0v) is 7.70. The Balaban J connectivity index is 2.57. The Morgan fingerprint density at radius 2 is 1.91 bits per heavy atom. The first-order chi connectivity index (χ1) is 5.20. The Hall–Kier alpha value is -0.120. The van der Waals surface area contributed by atoms with Gasteiger partial charge in [-0.25, -0.2) is 0 Å². The van der Waals surface area contributed by atoms with Crippen LogP contribution in [-0.4, -0.2) is 51.0 Å². The zero-order valence-electron chi connectivity index (χ0n) is 7.70. The lowest BCUT2D eigenvalue weighted by Gasteiger charge is -2.20. The highest BCUT2D eigenvalue weighted by molar-refractivity contribution is 4.90. The molecular weight excluding hydrogens is 142 g/mol. The topological polar surface area (TPSA) is 21.7 Å². The molecule has 11 heavy (non-hydrogen) atoms. The summed E-state index contributed by atoms with van der Waals surface area (Å²) in [6.45, 7) is 3.13. The minimum atomic E-state index is 0.227. The molecule has 3 heteroatoms. The number of rotatable bonds is 2. The van der Waals surface area contributed by atoms with Crippen molar-refractivity contribution < 1.29 is 9.47 Å². The summed E-state index contributed by atoms with van der Waals surface area (Å²) >= 11 is 0. The second-order valence-corrected chi connectivity index (χ2v) is 3.15. The van der Waals surface area contributed by atoms with E-state index in [-0.39, 0.29) is 12.2 Å². The molecule has 0 aromatic rings. The van der Waals surface area contributed by atoms with Crippen LogP contribution >= 0.6 is 0 Å². The van der Waals surface area contributed by atoms with Gasteiger partial charge in [-0.15, -0.1) is 0 Å². The van der Waals surface area contributed by atoms with E-state index in [0.29, 0.717) is 6.04 Å². The molecule has 1 saturated heterocycles. The van der Waals surface area contributed by atoms with Crippen molar-refractivity contribution in [1.29, 1.82) is 0 Å². The summed E-state index contributed by atoms with van der Waals surface area (Å²) in [6.07, 6.45) is 0.463. The molecule has 0 aromatic heterocycles. The average Bonchev–Trinajstić information content (AvgIpc) is 2.28. The van der Waals surface area contributed by atoms with E-state index in [9.17, 15) is 0 Å². The number of hydrogen-bond acceptors (Lipinski definition) is 3. The van der Waals surface area contributed by atoms with Crippen molar-refractivity contribution in [2.45, 2.75) is 25.2 Å². The first-order valence-electron chi connectivity index (χ1n) is 3.96. The number of hydrogen-bond donors (Lipinski definition) is 0. The van der Waals surface area contributed by atoms with Gasteiger partial charge in [0.15, 0.2) is 0 Å². The van der Waals surface area contributed by atoms with Gasteiger partial charge in [0.05, 0.1) is 12.2 Å². The van der Waals surface area contributed by atoms with Crippen molar-refractivity contribution in [3.05, 3.63) is 0 Å². The van der Waals surface area contributed by atoms with Gasteiger partial charge in [-0.1, -0.05) is 0 Å². The Labute approximate surface area is 68.3 Å². The van der Waals surface area contributed by atoms with E-state index in [1.807, 2.05) is 0 Å². The van der Waals surface area contributed by atoms with Gasteiger partial charge >= 0.3 is 0 Å². The smallest absolute Gasteiger partial charge is 0.0997 e. The normalized spacial score (nSPS) is 39.8. The van der Waals surface area contributed by atoms with E-state index in [4.69, 9.17) is 9.47 Å². The molecule has 3 atom stereocenters. The summed E-state index contributed by atoms with van der Waals surface area (Å²) < 4.78 is 10.6. The molecule has 1 heterocycles. The van der Waals surface area contributed by atoms with E-state index in [2.05, 4.69) is 18.9 Å². The largest absolute Gasteiger partial charge is 0.377 e. The maximum atomic E-state index is 5.33. The van der Waals surface area contributed by atoms with Gasteiger partial charge in [-0.05, 0) is 14.0 Å². The van der Waals surface area contributed by atoms with Crippen molar-refractivity contribution >= 4 is 0 Å². The number of methoxy groups -OCH3 is 2. The highest BCUT2D eigenvalue weighted by Crippen LogP contribution is 2.20. The second-order valence-electron chi connectivity index (χ2n) is 3.15. The average molecular weight is 159 g/mol. The number of likely N-dealkylation sites (tertiary alicyclic amines) is 1. The molecule has 1 rings (SSSR count). The summed E-state index contributed by atoms with van der Waals surface area (Å²) in [5.41, 5.74) is 0. The number of likely N-dealkylation sites (N-methyl/N-ethyl adjacent to an activating group) is 1. The van der Waals surface area contributed by atoms with E-state index >= 15 is 0 Å². The highest BCUT2D eigenvalue weighted by atomic mass is 16.5. The fraction of sp³-hybridized carbons (Fsp3) is 1.00. The van der Waals surface area contributed by atoms with Crippen molar-refractivity contribution in [3.63, 3.8) is 0 Å². The number of ether oxygens (including phenoxy) is 2. The lowest BCUT2D eigenvalue weighted by atomic mass is 10.1. The predicted octanol–water partition coefficient (Wildman–Crippen LogP) is 0.350. The molecule has 3 nitrogen and oxygen atoms in total.